The van der Waals surface area contributed by atoms with Crippen molar-refractivity contribution < 1.29 is 4.79 Å². The fraction of sp³-hybridized carbons (Fsp3) is 0.480. The van der Waals surface area contributed by atoms with Crippen LogP contribution in [-0.4, -0.2) is 37.7 Å². The Morgan fingerprint density at radius 1 is 1.13 bits per heavy atom. The minimum Gasteiger partial charge on any atom is -0.324 e. The van der Waals surface area contributed by atoms with Crippen molar-refractivity contribution in [3.8, 4) is 0 Å². The molecule has 0 aliphatic carbocycles. The van der Waals surface area contributed by atoms with Gasteiger partial charge in [-0.05, 0) is 69.4 Å². The second-order valence-corrected chi connectivity index (χ2v) is 9.91. The number of rotatable bonds is 4. The Balaban J connectivity index is 0.000000254. The maximum absolute atomic E-state index is 12.6. The van der Waals surface area contributed by atoms with Crippen LogP contribution < -0.4 is 10.8 Å². The minimum atomic E-state index is -0.446. The summed E-state index contributed by atoms with van der Waals surface area (Å²) in [7, 11) is 2.10. The highest BCUT2D eigenvalue weighted by atomic mass is 35.5. The van der Waals surface area contributed by atoms with Crippen molar-refractivity contribution in [1.82, 2.24) is 4.90 Å². The quantitative estimate of drug-likeness (QED) is 0.597. The molecular weight excluding hydrogens is 426 g/mol. The molecule has 0 unspecified atom stereocenters. The normalized spacial score (nSPS) is 17.2. The van der Waals surface area contributed by atoms with E-state index in [1.165, 1.54) is 17.4 Å². The van der Waals surface area contributed by atoms with Gasteiger partial charge < -0.3 is 10.2 Å². The van der Waals surface area contributed by atoms with E-state index < -0.39 is 5.41 Å². The molecule has 2 aliphatic heterocycles. The molecule has 1 spiro atoms. The van der Waals surface area contributed by atoms with Gasteiger partial charge in [0.25, 0.3) is 0 Å². The fourth-order valence-corrected chi connectivity index (χ4v) is 4.83. The molecule has 31 heavy (non-hydrogen) atoms. The molecule has 2 aliphatic rings. The Kier molecular flexibility index (Phi) is 8.12. The first-order valence-electron chi connectivity index (χ1n) is 11.1. The summed E-state index contributed by atoms with van der Waals surface area (Å²) in [4.78, 5) is 15.1. The molecule has 2 aromatic carbocycles. The van der Waals surface area contributed by atoms with Crippen LogP contribution in [-0.2, 0) is 10.2 Å². The molecule has 6 heteroatoms. The number of amides is 1. The van der Waals surface area contributed by atoms with Gasteiger partial charge in [0.15, 0.2) is 0 Å². The fourth-order valence-electron chi connectivity index (χ4n) is 4.29. The topological polar surface area (TPSA) is 32.3 Å². The van der Waals surface area contributed by atoms with Gasteiger partial charge in [0, 0.05) is 5.02 Å². The molecular formula is C25H32BCl2N2O. The largest absolute Gasteiger partial charge is 0.324 e. The lowest BCUT2D eigenvalue weighted by Crippen LogP contribution is -2.46. The van der Waals surface area contributed by atoms with Crippen LogP contribution in [0.1, 0.15) is 44.2 Å². The number of nitrogens with zero attached hydrogens (tertiary/aromatic N) is 1. The van der Waals surface area contributed by atoms with Crippen molar-refractivity contribution in [2.45, 2.75) is 52.3 Å². The smallest absolute Gasteiger partial charge is 0.235 e. The highest BCUT2D eigenvalue weighted by Crippen LogP contribution is 2.48. The van der Waals surface area contributed by atoms with E-state index in [0.29, 0.717) is 16.0 Å². The zero-order valence-electron chi connectivity index (χ0n) is 19.0. The number of carbonyl (C=O) groups excluding carboxylic acids is 1. The number of aryl methyl sites for hydroxylation is 1. The third-order valence-corrected chi connectivity index (χ3v) is 6.90. The maximum Gasteiger partial charge on any atom is 0.235 e. The number of likely N-dealkylation sites (tertiary alicyclic amines) is 1. The van der Waals surface area contributed by atoms with Crippen LogP contribution in [0.5, 0.6) is 0 Å². The third-order valence-electron chi connectivity index (χ3n) is 6.39. The van der Waals surface area contributed by atoms with Crippen LogP contribution in [0, 0.1) is 12.8 Å². The summed E-state index contributed by atoms with van der Waals surface area (Å²) >= 11 is 12.4. The van der Waals surface area contributed by atoms with Gasteiger partial charge in [-0.1, -0.05) is 79.2 Å². The van der Waals surface area contributed by atoms with E-state index in [9.17, 15) is 4.79 Å². The van der Waals surface area contributed by atoms with E-state index in [1.807, 2.05) is 12.9 Å². The Hall–Kier alpha value is -1.49. The molecule has 1 radical (unpaired) electrons. The van der Waals surface area contributed by atoms with Crippen molar-refractivity contribution in [3.05, 3.63) is 57.6 Å². The molecule has 1 saturated heterocycles. The van der Waals surface area contributed by atoms with Gasteiger partial charge in [-0.15, -0.1) is 0 Å². The number of hydrogen-bond donors (Lipinski definition) is 1. The van der Waals surface area contributed by atoms with Crippen molar-refractivity contribution in [1.29, 1.82) is 0 Å². The first kappa shape index (κ1) is 24.2. The number of benzene rings is 2. The maximum atomic E-state index is 12.6. The molecule has 0 saturated carbocycles. The van der Waals surface area contributed by atoms with Crippen LogP contribution >= 0.6 is 23.2 Å². The second-order valence-electron chi connectivity index (χ2n) is 9.07. The van der Waals surface area contributed by atoms with E-state index in [4.69, 9.17) is 23.2 Å². The predicted octanol–water partition coefficient (Wildman–Crippen LogP) is 5.70. The Bertz CT molecular complexity index is 906. The Labute approximate surface area is 197 Å². The van der Waals surface area contributed by atoms with E-state index in [1.54, 1.807) is 6.07 Å². The SMILES string of the molecule is CC(C)CCN1CCC2(CC1)C(=O)Nc1c(Cl)cc(Cl)cc12.C[B]c1ccc(C)cc1. The van der Waals surface area contributed by atoms with Crippen molar-refractivity contribution in [2.75, 3.05) is 25.0 Å². The summed E-state index contributed by atoms with van der Waals surface area (Å²) in [6, 6.07) is 12.1. The zero-order chi connectivity index (χ0) is 22.6. The van der Waals surface area contributed by atoms with Crippen molar-refractivity contribution in [2.24, 2.45) is 5.92 Å². The average Bonchev–Trinajstić information content (AvgIpc) is 3.01. The molecule has 165 valence electrons. The van der Waals surface area contributed by atoms with Gasteiger partial charge in [0.05, 0.1) is 16.1 Å². The first-order chi connectivity index (χ1) is 14.7. The van der Waals surface area contributed by atoms with Gasteiger partial charge in [-0.3, -0.25) is 4.79 Å². The van der Waals surface area contributed by atoms with E-state index in [2.05, 4.69) is 62.5 Å². The predicted molar refractivity (Wildman–Crippen MR) is 134 cm³/mol. The molecule has 0 atom stereocenters. The van der Waals surface area contributed by atoms with Crippen LogP contribution in [0.25, 0.3) is 0 Å². The summed E-state index contributed by atoms with van der Waals surface area (Å²) in [6.45, 7) is 11.6. The second kappa shape index (κ2) is 10.4. The summed E-state index contributed by atoms with van der Waals surface area (Å²) in [6.07, 6.45) is 2.87. The van der Waals surface area contributed by atoms with Crippen LogP contribution in [0.3, 0.4) is 0 Å². The number of hydrogen-bond acceptors (Lipinski definition) is 2. The summed E-state index contributed by atoms with van der Waals surface area (Å²) < 4.78 is 0. The average molecular weight is 458 g/mol. The van der Waals surface area contributed by atoms with Crippen LogP contribution in [0.2, 0.25) is 16.9 Å². The number of halogens is 2. The summed E-state index contributed by atoms with van der Waals surface area (Å²) in [5.41, 5.74) is 3.91. The van der Waals surface area contributed by atoms with Crippen molar-refractivity contribution >= 4 is 47.5 Å². The Morgan fingerprint density at radius 3 is 2.35 bits per heavy atom. The lowest BCUT2D eigenvalue weighted by molar-refractivity contribution is -0.122. The molecule has 0 bridgehead atoms. The summed E-state index contributed by atoms with van der Waals surface area (Å²) in [5.74, 6) is 0.791. The van der Waals surface area contributed by atoms with E-state index >= 15 is 0 Å². The van der Waals surface area contributed by atoms with Gasteiger partial charge in [-0.25, -0.2) is 0 Å². The monoisotopic (exact) mass is 457 g/mol. The number of nitrogens with one attached hydrogen (secondary N) is 1. The highest BCUT2D eigenvalue weighted by molar-refractivity contribution is 6.51. The molecule has 4 rings (SSSR count). The van der Waals surface area contributed by atoms with Crippen LogP contribution in [0.15, 0.2) is 36.4 Å². The van der Waals surface area contributed by atoms with Crippen LogP contribution in [0.4, 0.5) is 5.69 Å². The number of carbonyl (C=O) groups is 1. The molecule has 2 heterocycles. The summed E-state index contributed by atoms with van der Waals surface area (Å²) in [5, 5.41) is 4.11. The molecule has 1 N–H and O–H groups in total. The third kappa shape index (κ3) is 5.66. The molecule has 1 fully saturated rings. The Morgan fingerprint density at radius 2 is 1.77 bits per heavy atom. The number of anilines is 1. The molecule has 1 amide bonds. The zero-order valence-corrected chi connectivity index (χ0v) is 20.5. The number of fused-ring (bicyclic) bond motifs is 2. The van der Waals surface area contributed by atoms with Gasteiger partial charge in [0.1, 0.15) is 7.28 Å². The lowest BCUT2D eigenvalue weighted by Gasteiger charge is -2.38. The minimum absolute atomic E-state index is 0.0789. The molecule has 0 aromatic heterocycles. The van der Waals surface area contributed by atoms with Gasteiger partial charge in [-0.2, -0.15) is 0 Å². The first-order valence-corrected chi connectivity index (χ1v) is 11.9. The highest BCUT2D eigenvalue weighted by Gasteiger charge is 2.49. The standard InChI is InChI=1S/C17H22Cl2N2O.C8H10B/c1-11(2)3-6-21-7-4-17(5-8-21)13-9-12(18)10-14(19)15(13)20-16(17)22;1-7-3-5-8(9-2)6-4-7/h9-11H,3-8H2,1-2H3,(H,20,22);3-6H,1-2H3. The number of piperidine rings is 1. The van der Waals surface area contributed by atoms with Gasteiger partial charge in [0.2, 0.25) is 5.91 Å². The van der Waals surface area contributed by atoms with Crippen molar-refractivity contribution in [3.63, 3.8) is 0 Å². The van der Waals surface area contributed by atoms with Gasteiger partial charge >= 0.3 is 0 Å². The lowest BCUT2D eigenvalue weighted by atomic mass is 9.73. The van der Waals surface area contributed by atoms with E-state index in [-0.39, 0.29) is 5.91 Å². The van der Waals surface area contributed by atoms with E-state index in [0.717, 1.165) is 43.7 Å². The molecule has 3 nitrogen and oxygen atoms in total. The molecule has 2 aromatic rings.